The predicted octanol–water partition coefficient (Wildman–Crippen LogP) is 2.35. The number of rotatable bonds is 4. The summed E-state index contributed by atoms with van der Waals surface area (Å²) in [6.07, 6.45) is 8.11. The van der Waals surface area contributed by atoms with Gasteiger partial charge in [0.2, 0.25) is 0 Å². The molecule has 2 heterocycles. The molecule has 2 aromatic rings. The first-order chi connectivity index (χ1) is 9.03. The van der Waals surface area contributed by atoms with Crippen LogP contribution in [0.15, 0.2) is 36.9 Å². The van der Waals surface area contributed by atoms with Gasteiger partial charge in [-0.3, -0.25) is 4.98 Å². The van der Waals surface area contributed by atoms with E-state index in [-0.39, 0.29) is 5.54 Å². The predicted molar refractivity (Wildman–Crippen MR) is 75.7 cm³/mol. The molecule has 4 heteroatoms. The van der Waals surface area contributed by atoms with Gasteiger partial charge in [0.05, 0.1) is 0 Å². The van der Waals surface area contributed by atoms with Crippen molar-refractivity contribution in [3.05, 3.63) is 53.9 Å². The first kappa shape index (κ1) is 13.6. The van der Waals surface area contributed by atoms with Crippen LogP contribution >= 0.6 is 0 Å². The van der Waals surface area contributed by atoms with Crippen LogP contribution in [0, 0.1) is 0 Å². The zero-order valence-corrected chi connectivity index (χ0v) is 11.7. The minimum atomic E-state index is 0.107. The summed E-state index contributed by atoms with van der Waals surface area (Å²) in [5.74, 6) is 0.839. The van der Waals surface area contributed by atoms with Crippen molar-refractivity contribution in [2.75, 3.05) is 0 Å². The smallest absolute Gasteiger partial charge is 0.132 e. The Morgan fingerprint density at radius 2 is 1.63 bits per heavy atom. The van der Waals surface area contributed by atoms with Crippen molar-refractivity contribution < 1.29 is 0 Å². The van der Waals surface area contributed by atoms with E-state index in [9.17, 15) is 0 Å². The highest BCUT2D eigenvalue weighted by Gasteiger charge is 2.08. The Morgan fingerprint density at radius 1 is 1.00 bits per heavy atom. The molecule has 0 unspecified atom stereocenters. The Hall–Kier alpha value is -1.81. The van der Waals surface area contributed by atoms with Gasteiger partial charge in [-0.2, -0.15) is 0 Å². The van der Waals surface area contributed by atoms with E-state index in [1.54, 1.807) is 12.4 Å². The van der Waals surface area contributed by atoms with Gasteiger partial charge in [-0.05, 0) is 38.5 Å². The van der Waals surface area contributed by atoms with E-state index in [1.807, 2.05) is 24.5 Å². The van der Waals surface area contributed by atoms with E-state index in [0.717, 1.165) is 24.4 Å². The number of aromatic nitrogens is 3. The van der Waals surface area contributed by atoms with E-state index in [1.165, 1.54) is 5.56 Å². The molecule has 0 aliphatic rings. The Bertz CT molecular complexity index is 500. The maximum atomic E-state index is 4.40. The summed E-state index contributed by atoms with van der Waals surface area (Å²) in [4.78, 5) is 12.8. The SMILES string of the molecule is CC(C)(C)NCc1cnc(Cc2ccncc2)nc1. The summed E-state index contributed by atoms with van der Waals surface area (Å²) in [7, 11) is 0. The summed E-state index contributed by atoms with van der Waals surface area (Å²) < 4.78 is 0. The number of pyridine rings is 1. The highest BCUT2D eigenvalue weighted by molar-refractivity contribution is 5.16. The van der Waals surface area contributed by atoms with Gasteiger partial charge < -0.3 is 5.32 Å². The molecule has 1 N–H and O–H groups in total. The molecule has 4 nitrogen and oxygen atoms in total. The fourth-order valence-corrected chi connectivity index (χ4v) is 1.61. The van der Waals surface area contributed by atoms with Crippen LogP contribution in [0.3, 0.4) is 0 Å². The quantitative estimate of drug-likeness (QED) is 0.912. The molecule has 0 saturated heterocycles. The maximum absolute atomic E-state index is 4.40. The first-order valence-corrected chi connectivity index (χ1v) is 6.47. The normalized spacial score (nSPS) is 11.5. The van der Waals surface area contributed by atoms with E-state index < -0.39 is 0 Å². The topological polar surface area (TPSA) is 50.7 Å². The molecule has 19 heavy (non-hydrogen) atoms. The van der Waals surface area contributed by atoms with Gasteiger partial charge in [0.1, 0.15) is 5.82 Å². The molecule has 0 bridgehead atoms. The highest BCUT2D eigenvalue weighted by Crippen LogP contribution is 2.06. The third kappa shape index (κ3) is 4.75. The Labute approximate surface area is 114 Å². The standard InChI is InChI=1S/C15H20N4/c1-15(2,3)19-11-13-9-17-14(18-10-13)8-12-4-6-16-7-5-12/h4-7,9-10,19H,8,11H2,1-3H3. The van der Waals surface area contributed by atoms with Crippen LogP contribution in [0.25, 0.3) is 0 Å². The van der Waals surface area contributed by atoms with Gasteiger partial charge in [0.15, 0.2) is 0 Å². The molecule has 0 aromatic carbocycles. The number of hydrogen-bond acceptors (Lipinski definition) is 4. The summed E-state index contributed by atoms with van der Waals surface area (Å²) in [6, 6.07) is 3.97. The lowest BCUT2D eigenvalue weighted by Crippen LogP contribution is -2.35. The average Bonchev–Trinajstić information content (AvgIpc) is 2.38. The van der Waals surface area contributed by atoms with Crippen LogP contribution in [0.5, 0.6) is 0 Å². The molecule has 0 fully saturated rings. The Morgan fingerprint density at radius 3 is 2.21 bits per heavy atom. The monoisotopic (exact) mass is 256 g/mol. The lowest BCUT2D eigenvalue weighted by Gasteiger charge is -2.20. The van der Waals surface area contributed by atoms with E-state index in [4.69, 9.17) is 0 Å². The minimum absolute atomic E-state index is 0.107. The van der Waals surface area contributed by atoms with Gasteiger partial charge >= 0.3 is 0 Å². The van der Waals surface area contributed by atoms with Crippen LogP contribution in [-0.2, 0) is 13.0 Å². The molecule has 0 aliphatic heterocycles. The molecule has 0 atom stereocenters. The van der Waals surface area contributed by atoms with Crippen LogP contribution in [-0.4, -0.2) is 20.5 Å². The van der Waals surface area contributed by atoms with Crippen molar-refractivity contribution in [1.29, 1.82) is 0 Å². The van der Waals surface area contributed by atoms with Crippen LogP contribution < -0.4 is 5.32 Å². The number of nitrogens with one attached hydrogen (secondary N) is 1. The third-order valence-electron chi connectivity index (χ3n) is 2.69. The largest absolute Gasteiger partial charge is 0.308 e. The number of nitrogens with zero attached hydrogens (tertiary/aromatic N) is 3. The van der Waals surface area contributed by atoms with Gasteiger partial charge in [0.25, 0.3) is 0 Å². The lowest BCUT2D eigenvalue weighted by molar-refractivity contribution is 0.423. The van der Waals surface area contributed by atoms with E-state index >= 15 is 0 Å². The molecule has 0 radical (unpaired) electrons. The van der Waals surface area contributed by atoms with Crippen molar-refractivity contribution in [2.45, 2.75) is 39.3 Å². The van der Waals surface area contributed by atoms with Crippen LogP contribution in [0.4, 0.5) is 0 Å². The number of hydrogen-bond donors (Lipinski definition) is 1. The van der Waals surface area contributed by atoms with Gasteiger partial charge in [-0.15, -0.1) is 0 Å². The van der Waals surface area contributed by atoms with Gasteiger partial charge in [-0.25, -0.2) is 9.97 Å². The third-order valence-corrected chi connectivity index (χ3v) is 2.69. The summed E-state index contributed by atoms with van der Waals surface area (Å²) >= 11 is 0. The first-order valence-electron chi connectivity index (χ1n) is 6.47. The summed E-state index contributed by atoms with van der Waals surface area (Å²) in [6.45, 7) is 7.22. The molecule has 0 saturated carbocycles. The van der Waals surface area contributed by atoms with Gasteiger partial charge in [-0.1, -0.05) is 0 Å². The molecule has 2 aromatic heterocycles. The molecule has 0 spiro atoms. The second kappa shape index (κ2) is 5.89. The van der Waals surface area contributed by atoms with E-state index in [2.05, 4.69) is 41.0 Å². The van der Waals surface area contributed by atoms with Crippen molar-refractivity contribution in [3.8, 4) is 0 Å². The van der Waals surface area contributed by atoms with Crippen molar-refractivity contribution >= 4 is 0 Å². The zero-order valence-electron chi connectivity index (χ0n) is 11.7. The highest BCUT2D eigenvalue weighted by atomic mass is 15.0. The second-order valence-corrected chi connectivity index (χ2v) is 5.64. The van der Waals surface area contributed by atoms with Crippen LogP contribution in [0.1, 0.15) is 37.7 Å². The fourth-order valence-electron chi connectivity index (χ4n) is 1.61. The minimum Gasteiger partial charge on any atom is -0.308 e. The van der Waals surface area contributed by atoms with Crippen LogP contribution in [0.2, 0.25) is 0 Å². The summed E-state index contributed by atoms with van der Waals surface area (Å²) in [5, 5.41) is 3.42. The molecule has 100 valence electrons. The molecular formula is C15H20N4. The van der Waals surface area contributed by atoms with Crippen molar-refractivity contribution in [2.24, 2.45) is 0 Å². The maximum Gasteiger partial charge on any atom is 0.132 e. The molecule has 0 aliphatic carbocycles. The average molecular weight is 256 g/mol. The van der Waals surface area contributed by atoms with Gasteiger partial charge in [0, 0.05) is 48.9 Å². The Kier molecular flexibility index (Phi) is 4.22. The fraction of sp³-hybridized carbons (Fsp3) is 0.400. The molecule has 2 rings (SSSR count). The molecule has 0 amide bonds. The zero-order chi connectivity index (χ0) is 13.7. The lowest BCUT2D eigenvalue weighted by atomic mass is 10.1. The van der Waals surface area contributed by atoms with Crippen molar-refractivity contribution in [1.82, 2.24) is 20.3 Å². The van der Waals surface area contributed by atoms with E-state index in [0.29, 0.717) is 0 Å². The van der Waals surface area contributed by atoms with Crippen molar-refractivity contribution in [3.63, 3.8) is 0 Å². The second-order valence-electron chi connectivity index (χ2n) is 5.64. The Balaban J connectivity index is 1.95. The molecular weight excluding hydrogens is 236 g/mol. The summed E-state index contributed by atoms with van der Waals surface area (Å²) in [5.41, 5.74) is 2.39.